The summed E-state index contributed by atoms with van der Waals surface area (Å²) in [7, 11) is 3.37. The Labute approximate surface area is 163 Å². The molecule has 0 aromatic heterocycles. The molecule has 0 heterocycles. The molecule has 0 saturated heterocycles. The molecule has 0 spiro atoms. The summed E-state index contributed by atoms with van der Waals surface area (Å²) >= 11 is 0. The van der Waals surface area contributed by atoms with Crippen LogP contribution in [0.25, 0.3) is 0 Å². The molecule has 0 amide bonds. The summed E-state index contributed by atoms with van der Waals surface area (Å²) in [6.07, 6.45) is 6.18. The molecule has 2 aromatic rings. The van der Waals surface area contributed by atoms with Gasteiger partial charge in [-0.15, -0.1) is 0 Å². The third-order valence-corrected chi connectivity index (χ3v) is 4.55. The zero-order valence-electron chi connectivity index (χ0n) is 16.9. The van der Waals surface area contributed by atoms with Crippen LogP contribution in [0.2, 0.25) is 0 Å². The van der Waals surface area contributed by atoms with Crippen LogP contribution >= 0.6 is 0 Å². The van der Waals surface area contributed by atoms with E-state index in [1.807, 2.05) is 24.3 Å². The first kappa shape index (κ1) is 21.1. The standard InChI is InChI=1S/C23H33NO3/c1-4-5-6-7-8-15-27-22-14-11-20(16-23(22)26-3)18-24-17-19-9-12-21(25-2)13-10-19/h9-14,16,24H,4-8,15,17-18H2,1-3H3. The second kappa shape index (κ2) is 12.2. The van der Waals surface area contributed by atoms with Gasteiger partial charge in [-0.25, -0.2) is 0 Å². The van der Waals surface area contributed by atoms with E-state index in [4.69, 9.17) is 14.2 Å². The average molecular weight is 372 g/mol. The number of hydrogen-bond acceptors (Lipinski definition) is 4. The number of rotatable bonds is 13. The van der Waals surface area contributed by atoms with E-state index in [1.54, 1.807) is 14.2 Å². The summed E-state index contributed by atoms with van der Waals surface area (Å²) in [5, 5.41) is 3.46. The number of unbranched alkanes of at least 4 members (excludes halogenated alkanes) is 4. The molecule has 0 unspecified atom stereocenters. The van der Waals surface area contributed by atoms with Crippen molar-refractivity contribution in [2.24, 2.45) is 0 Å². The van der Waals surface area contributed by atoms with Gasteiger partial charge in [0.25, 0.3) is 0 Å². The molecular formula is C23H33NO3. The predicted molar refractivity (Wildman–Crippen MR) is 111 cm³/mol. The number of benzene rings is 2. The molecule has 0 aliphatic heterocycles. The molecule has 2 rings (SSSR count). The second-order valence-corrected chi connectivity index (χ2v) is 6.70. The van der Waals surface area contributed by atoms with E-state index in [0.29, 0.717) is 0 Å². The van der Waals surface area contributed by atoms with Crippen LogP contribution in [0.4, 0.5) is 0 Å². The van der Waals surface area contributed by atoms with Gasteiger partial charge in [0.05, 0.1) is 20.8 Å². The lowest BCUT2D eigenvalue weighted by Gasteiger charge is -2.13. The van der Waals surface area contributed by atoms with Crippen LogP contribution in [-0.2, 0) is 13.1 Å². The van der Waals surface area contributed by atoms with Crippen molar-refractivity contribution in [3.05, 3.63) is 53.6 Å². The Morgan fingerprint density at radius 2 is 1.44 bits per heavy atom. The molecule has 1 N–H and O–H groups in total. The van der Waals surface area contributed by atoms with E-state index in [9.17, 15) is 0 Å². The summed E-state index contributed by atoms with van der Waals surface area (Å²) in [5.41, 5.74) is 2.40. The van der Waals surface area contributed by atoms with Crippen molar-refractivity contribution in [1.29, 1.82) is 0 Å². The largest absolute Gasteiger partial charge is 0.497 e. The highest BCUT2D eigenvalue weighted by atomic mass is 16.5. The molecule has 0 radical (unpaired) electrons. The van der Waals surface area contributed by atoms with Crippen molar-refractivity contribution in [3.63, 3.8) is 0 Å². The van der Waals surface area contributed by atoms with Gasteiger partial charge in [0.2, 0.25) is 0 Å². The molecule has 0 fully saturated rings. The fourth-order valence-corrected chi connectivity index (χ4v) is 2.92. The van der Waals surface area contributed by atoms with Crippen LogP contribution in [0, 0.1) is 0 Å². The molecule has 0 aliphatic rings. The van der Waals surface area contributed by atoms with Crippen LogP contribution in [0.1, 0.15) is 50.2 Å². The van der Waals surface area contributed by atoms with Crippen LogP contribution in [0.15, 0.2) is 42.5 Å². The van der Waals surface area contributed by atoms with E-state index >= 15 is 0 Å². The fourth-order valence-electron chi connectivity index (χ4n) is 2.92. The maximum atomic E-state index is 5.90. The van der Waals surface area contributed by atoms with Gasteiger partial charge in [0, 0.05) is 13.1 Å². The minimum absolute atomic E-state index is 0.745. The summed E-state index contributed by atoms with van der Waals surface area (Å²) in [5.74, 6) is 2.50. The van der Waals surface area contributed by atoms with Crippen molar-refractivity contribution < 1.29 is 14.2 Å². The van der Waals surface area contributed by atoms with Crippen molar-refractivity contribution in [2.75, 3.05) is 20.8 Å². The third kappa shape index (κ3) is 7.51. The molecule has 0 aliphatic carbocycles. The minimum atomic E-state index is 0.745. The van der Waals surface area contributed by atoms with Gasteiger partial charge in [-0.05, 0) is 41.8 Å². The van der Waals surface area contributed by atoms with Gasteiger partial charge in [-0.1, -0.05) is 50.8 Å². The van der Waals surface area contributed by atoms with Gasteiger partial charge in [-0.3, -0.25) is 0 Å². The average Bonchev–Trinajstić information content (AvgIpc) is 2.71. The highest BCUT2D eigenvalue weighted by Gasteiger charge is 2.06. The van der Waals surface area contributed by atoms with E-state index < -0.39 is 0 Å². The Kier molecular flexibility index (Phi) is 9.56. The molecule has 4 heteroatoms. The van der Waals surface area contributed by atoms with E-state index in [1.165, 1.54) is 36.8 Å². The SMILES string of the molecule is CCCCCCCOc1ccc(CNCc2ccc(OC)cc2)cc1OC. The van der Waals surface area contributed by atoms with Crippen molar-refractivity contribution in [2.45, 2.75) is 52.1 Å². The van der Waals surface area contributed by atoms with Crippen molar-refractivity contribution in [1.82, 2.24) is 5.32 Å². The lowest BCUT2D eigenvalue weighted by atomic mass is 10.1. The quantitative estimate of drug-likeness (QED) is 0.482. The maximum absolute atomic E-state index is 5.90. The second-order valence-electron chi connectivity index (χ2n) is 6.70. The van der Waals surface area contributed by atoms with Crippen molar-refractivity contribution >= 4 is 0 Å². The number of ether oxygens (including phenoxy) is 3. The zero-order chi connectivity index (χ0) is 19.3. The molecule has 2 aromatic carbocycles. The summed E-state index contributed by atoms with van der Waals surface area (Å²) in [6.45, 7) is 4.56. The third-order valence-electron chi connectivity index (χ3n) is 4.55. The normalized spacial score (nSPS) is 10.6. The summed E-state index contributed by atoms with van der Waals surface area (Å²) in [6, 6.07) is 14.3. The highest BCUT2D eigenvalue weighted by Crippen LogP contribution is 2.28. The molecule has 0 saturated carbocycles. The minimum Gasteiger partial charge on any atom is -0.497 e. The van der Waals surface area contributed by atoms with Crippen molar-refractivity contribution in [3.8, 4) is 17.2 Å². The fraction of sp³-hybridized carbons (Fsp3) is 0.478. The van der Waals surface area contributed by atoms with Crippen LogP contribution < -0.4 is 19.5 Å². The Morgan fingerprint density at radius 1 is 0.741 bits per heavy atom. The number of nitrogens with one attached hydrogen (secondary N) is 1. The van der Waals surface area contributed by atoms with E-state index in [2.05, 4.69) is 30.4 Å². The topological polar surface area (TPSA) is 39.7 Å². The molecule has 27 heavy (non-hydrogen) atoms. The molecule has 148 valence electrons. The molecular weight excluding hydrogens is 338 g/mol. The Hall–Kier alpha value is -2.20. The van der Waals surface area contributed by atoms with Gasteiger partial charge < -0.3 is 19.5 Å². The first-order chi connectivity index (χ1) is 13.3. The summed E-state index contributed by atoms with van der Waals surface area (Å²) in [4.78, 5) is 0. The lowest BCUT2D eigenvalue weighted by Crippen LogP contribution is -2.12. The Bertz CT molecular complexity index is 655. The van der Waals surface area contributed by atoms with Crippen LogP contribution in [-0.4, -0.2) is 20.8 Å². The van der Waals surface area contributed by atoms with Gasteiger partial charge in [-0.2, -0.15) is 0 Å². The summed E-state index contributed by atoms with van der Waals surface area (Å²) < 4.78 is 16.6. The number of methoxy groups -OCH3 is 2. The van der Waals surface area contributed by atoms with Crippen LogP contribution in [0.5, 0.6) is 17.2 Å². The predicted octanol–water partition coefficient (Wildman–Crippen LogP) is 5.34. The van der Waals surface area contributed by atoms with Gasteiger partial charge >= 0.3 is 0 Å². The Morgan fingerprint density at radius 3 is 2.15 bits per heavy atom. The smallest absolute Gasteiger partial charge is 0.161 e. The Balaban J connectivity index is 1.78. The molecule has 0 atom stereocenters. The molecule has 4 nitrogen and oxygen atoms in total. The van der Waals surface area contributed by atoms with E-state index in [-0.39, 0.29) is 0 Å². The van der Waals surface area contributed by atoms with Gasteiger partial charge in [0.1, 0.15) is 5.75 Å². The first-order valence-electron chi connectivity index (χ1n) is 9.90. The first-order valence-corrected chi connectivity index (χ1v) is 9.90. The lowest BCUT2D eigenvalue weighted by molar-refractivity contribution is 0.284. The van der Waals surface area contributed by atoms with E-state index in [0.717, 1.165) is 43.4 Å². The van der Waals surface area contributed by atoms with Crippen LogP contribution in [0.3, 0.4) is 0 Å². The highest BCUT2D eigenvalue weighted by molar-refractivity contribution is 5.43. The maximum Gasteiger partial charge on any atom is 0.161 e. The zero-order valence-corrected chi connectivity index (χ0v) is 16.9. The number of hydrogen-bond donors (Lipinski definition) is 1. The van der Waals surface area contributed by atoms with Gasteiger partial charge in [0.15, 0.2) is 11.5 Å². The molecule has 0 bridgehead atoms. The monoisotopic (exact) mass is 371 g/mol.